The number of aromatic nitrogens is 2. The van der Waals surface area contributed by atoms with Crippen molar-refractivity contribution in [1.82, 2.24) is 14.3 Å². The number of ether oxygens (including phenoxy) is 1. The van der Waals surface area contributed by atoms with Crippen LogP contribution in [0.25, 0.3) is 0 Å². The summed E-state index contributed by atoms with van der Waals surface area (Å²) in [5.41, 5.74) is 0. The van der Waals surface area contributed by atoms with Crippen LogP contribution in [0.15, 0.2) is 12.3 Å². The summed E-state index contributed by atoms with van der Waals surface area (Å²) in [5.74, 6) is 1.49. The molecule has 7 heteroatoms. The van der Waals surface area contributed by atoms with Crippen LogP contribution in [0, 0.1) is 6.92 Å². The van der Waals surface area contributed by atoms with E-state index in [2.05, 4.69) is 9.97 Å². The quantitative estimate of drug-likeness (QED) is 0.800. The van der Waals surface area contributed by atoms with E-state index < -0.39 is 10.0 Å². The largest absolute Gasteiger partial charge is 0.474 e. The smallest absolute Gasteiger partial charge is 0.216 e. The molecule has 0 saturated carbocycles. The van der Waals surface area contributed by atoms with Gasteiger partial charge in [0.25, 0.3) is 0 Å². The first-order chi connectivity index (χ1) is 10.0. The van der Waals surface area contributed by atoms with E-state index in [0.29, 0.717) is 37.6 Å². The van der Waals surface area contributed by atoms with Crippen molar-refractivity contribution in [3.63, 3.8) is 0 Å². The number of hydrogen-bond donors (Lipinski definition) is 0. The summed E-state index contributed by atoms with van der Waals surface area (Å²) in [6.07, 6.45) is 4.72. The standard InChI is InChI=1S/C14H23N3O3S/c1-3-4-11-21(18,19)17-9-6-13(7-10-17)20-14-5-8-15-12(2)16-14/h5,8,13H,3-4,6-7,9-11H2,1-2H3. The predicted molar refractivity (Wildman–Crippen MR) is 80.7 cm³/mol. The number of piperidine rings is 1. The number of nitrogens with zero attached hydrogens (tertiary/aromatic N) is 3. The molecule has 1 aliphatic heterocycles. The highest BCUT2D eigenvalue weighted by Crippen LogP contribution is 2.19. The fourth-order valence-electron chi connectivity index (χ4n) is 2.35. The van der Waals surface area contributed by atoms with Crippen LogP contribution >= 0.6 is 0 Å². The molecule has 1 aliphatic rings. The second kappa shape index (κ2) is 7.17. The third kappa shape index (κ3) is 4.64. The maximum absolute atomic E-state index is 12.1. The molecule has 0 aliphatic carbocycles. The first-order valence-corrected chi connectivity index (χ1v) is 9.06. The van der Waals surface area contributed by atoms with Crippen LogP contribution in [-0.4, -0.2) is 47.6 Å². The molecule has 1 aromatic heterocycles. The molecule has 118 valence electrons. The molecule has 0 radical (unpaired) electrons. The predicted octanol–water partition coefficient (Wildman–Crippen LogP) is 1.76. The average Bonchev–Trinajstić information content (AvgIpc) is 2.46. The van der Waals surface area contributed by atoms with Gasteiger partial charge in [-0.1, -0.05) is 13.3 Å². The lowest BCUT2D eigenvalue weighted by Crippen LogP contribution is -2.42. The van der Waals surface area contributed by atoms with Crippen LogP contribution in [0.5, 0.6) is 5.88 Å². The number of sulfonamides is 1. The van der Waals surface area contributed by atoms with Gasteiger partial charge in [-0.3, -0.25) is 0 Å². The van der Waals surface area contributed by atoms with Gasteiger partial charge in [0, 0.05) is 25.4 Å². The lowest BCUT2D eigenvalue weighted by atomic mass is 10.1. The van der Waals surface area contributed by atoms with Crippen molar-refractivity contribution >= 4 is 10.0 Å². The van der Waals surface area contributed by atoms with E-state index in [1.807, 2.05) is 13.8 Å². The van der Waals surface area contributed by atoms with Crippen molar-refractivity contribution in [2.24, 2.45) is 0 Å². The minimum absolute atomic E-state index is 0.0249. The Morgan fingerprint density at radius 3 is 2.71 bits per heavy atom. The van der Waals surface area contributed by atoms with E-state index in [0.717, 1.165) is 12.8 Å². The van der Waals surface area contributed by atoms with Crippen LogP contribution in [0.1, 0.15) is 38.4 Å². The van der Waals surface area contributed by atoms with E-state index in [9.17, 15) is 8.42 Å². The zero-order chi connectivity index (χ0) is 15.3. The van der Waals surface area contributed by atoms with Crippen LogP contribution in [0.2, 0.25) is 0 Å². The molecule has 1 aromatic rings. The van der Waals surface area contributed by atoms with Crippen LogP contribution in [-0.2, 0) is 10.0 Å². The van der Waals surface area contributed by atoms with Crippen molar-refractivity contribution in [3.05, 3.63) is 18.1 Å². The van der Waals surface area contributed by atoms with Crippen LogP contribution in [0.3, 0.4) is 0 Å². The summed E-state index contributed by atoms with van der Waals surface area (Å²) in [7, 11) is -3.10. The highest BCUT2D eigenvalue weighted by atomic mass is 32.2. The monoisotopic (exact) mass is 313 g/mol. The topological polar surface area (TPSA) is 72.4 Å². The van der Waals surface area contributed by atoms with Gasteiger partial charge in [0.15, 0.2) is 0 Å². The third-order valence-electron chi connectivity index (χ3n) is 3.59. The van der Waals surface area contributed by atoms with Crippen LogP contribution in [0.4, 0.5) is 0 Å². The zero-order valence-corrected chi connectivity index (χ0v) is 13.5. The molecule has 2 rings (SSSR count). The number of aryl methyl sites for hydroxylation is 1. The van der Waals surface area contributed by atoms with Crippen molar-refractivity contribution < 1.29 is 13.2 Å². The van der Waals surface area contributed by atoms with Crippen molar-refractivity contribution in [2.45, 2.75) is 45.6 Å². The van der Waals surface area contributed by atoms with Gasteiger partial charge in [-0.05, 0) is 26.2 Å². The fourth-order valence-corrected chi connectivity index (χ4v) is 4.03. The second-order valence-corrected chi connectivity index (χ2v) is 7.42. The lowest BCUT2D eigenvalue weighted by Gasteiger charge is -2.31. The van der Waals surface area contributed by atoms with E-state index in [1.165, 1.54) is 0 Å². The first kappa shape index (κ1) is 16.2. The highest BCUT2D eigenvalue weighted by molar-refractivity contribution is 7.89. The molecule has 1 saturated heterocycles. The van der Waals surface area contributed by atoms with E-state index in [4.69, 9.17) is 4.74 Å². The second-order valence-electron chi connectivity index (χ2n) is 5.33. The lowest BCUT2D eigenvalue weighted by molar-refractivity contribution is 0.129. The van der Waals surface area contributed by atoms with E-state index >= 15 is 0 Å². The van der Waals surface area contributed by atoms with Gasteiger partial charge in [-0.15, -0.1) is 0 Å². The third-order valence-corrected chi connectivity index (χ3v) is 5.54. The first-order valence-electron chi connectivity index (χ1n) is 7.45. The maximum Gasteiger partial charge on any atom is 0.216 e. The molecule has 0 spiro atoms. The molecular weight excluding hydrogens is 290 g/mol. The molecule has 21 heavy (non-hydrogen) atoms. The van der Waals surface area contributed by atoms with E-state index in [-0.39, 0.29) is 11.9 Å². The van der Waals surface area contributed by atoms with Gasteiger partial charge < -0.3 is 4.74 Å². The normalized spacial score (nSPS) is 17.8. The Bertz CT molecular complexity index is 554. The molecule has 0 aromatic carbocycles. The Balaban J connectivity index is 1.86. The van der Waals surface area contributed by atoms with Gasteiger partial charge in [0.05, 0.1) is 5.75 Å². The maximum atomic E-state index is 12.1. The number of rotatable bonds is 6. The van der Waals surface area contributed by atoms with Crippen LogP contribution < -0.4 is 4.74 Å². The summed E-state index contributed by atoms with van der Waals surface area (Å²) in [4.78, 5) is 8.24. The Labute approximate surface area is 126 Å². The zero-order valence-electron chi connectivity index (χ0n) is 12.7. The molecule has 0 unspecified atom stereocenters. The molecule has 1 fully saturated rings. The Hall–Kier alpha value is -1.21. The average molecular weight is 313 g/mol. The minimum atomic E-state index is -3.10. The Kier molecular flexibility index (Phi) is 5.52. The molecule has 0 bridgehead atoms. The summed E-state index contributed by atoms with van der Waals surface area (Å²) in [6.45, 7) is 4.87. The van der Waals surface area contributed by atoms with E-state index in [1.54, 1.807) is 16.6 Å². The molecule has 0 amide bonds. The minimum Gasteiger partial charge on any atom is -0.474 e. The Morgan fingerprint density at radius 2 is 2.10 bits per heavy atom. The molecule has 2 heterocycles. The van der Waals surface area contributed by atoms with Gasteiger partial charge in [0.1, 0.15) is 11.9 Å². The molecule has 0 atom stereocenters. The number of unbranched alkanes of at least 4 members (excludes halogenated alkanes) is 1. The SMILES string of the molecule is CCCCS(=O)(=O)N1CCC(Oc2ccnc(C)n2)CC1. The summed E-state index contributed by atoms with van der Waals surface area (Å²) < 4.78 is 31.6. The summed E-state index contributed by atoms with van der Waals surface area (Å²) in [5, 5.41) is 0. The van der Waals surface area contributed by atoms with Gasteiger partial charge in [-0.25, -0.2) is 17.7 Å². The van der Waals surface area contributed by atoms with Gasteiger partial charge in [0.2, 0.25) is 15.9 Å². The molecular formula is C14H23N3O3S. The highest BCUT2D eigenvalue weighted by Gasteiger charge is 2.28. The van der Waals surface area contributed by atoms with Crippen molar-refractivity contribution in [1.29, 1.82) is 0 Å². The van der Waals surface area contributed by atoms with Crippen molar-refractivity contribution in [3.8, 4) is 5.88 Å². The van der Waals surface area contributed by atoms with Gasteiger partial charge in [-0.2, -0.15) is 4.98 Å². The summed E-state index contributed by atoms with van der Waals surface area (Å²) in [6, 6.07) is 1.73. The van der Waals surface area contributed by atoms with Crippen molar-refractivity contribution in [2.75, 3.05) is 18.8 Å². The molecule has 6 nitrogen and oxygen atoms in total. The Morgan fingerprint density at radius 1 is 1.38 bits per heavy atom. The number of hydrogen-bond acceptors (Lipinski definition) is 5. The molecule has 0 N–H and O–H groups in total. The summed E-state index contributed by atoms with van der Waals surface area (Å²) >= 11 is 0. The fraction of sp³-hybridized carbons (Fsp3) is 0.714. The van der Waals surface area contributed by atoms with Gasteiger partial charge >= 0.3 is 0 Å².